The van der Waals surface area contributed by atoms with E-state index in [1.807, 2.05) is 56.3 Å². The van der Waals surface area contributed by atoms with Gasteiger partial charge in [-0.25, -0.2) is 4.79 Å². The van der Waals surface area contributed by atoms with Gasteiger partial charge >= 0.3 is 5.97 Å². The lowest BCUT2D eigenvalue weighted by atomic mass is 10.1. The maximum absolute atomic E-state index is 11.8. The van der Waals surface area contributed by atoms with Crippen LogP contribution in [0, 0.1) is 13.8 Å². The van der Waals surface area contributed by atoms with Gasteiger partial charge in [-0.2, -0.15) is 0 Å². The van der Waals surface area contributed by atoms with Gasteiger partial charge in [0.05, 0.1) is 7.11 Å². The Morgan fingerprint density at radius 2 is 1.57 bits per heavy atom. The molecule has 0 aliphatic rings. The van der Waals surface area contributed by atoms with E-state index in [0.29, 0.717) is 5.75 Å². The highest BCUT2D eigenvalue weighted by molar-refractivity contribution is 5.88. The highest BCUT2D eigenvalue weighted by Gasteiger charge is 2.02. The number of hydrogen-bond acceptors (Lipinski definition) is 3. The number of carbonyl (C=O) groups is 1. The number of benzene rings is 2. The van der Waals surface area contributed by atoms with Crippen LogP contribution in [0.15, 0.2) is 48.5 Å². The van der Waals surface area contributed by atoms with Gasteiger partial charge in [0.15, 0.2) is 0 Å². The van der Waals surface area contributed by atoms with Crippen LogP contribution in [0.4, 0.5) is 0 Å². The van der Waals surface area contributed by atoms with Crippen molar-refractivity contribution in [1.82, 2.24) is 0 Å². The van der Waals surface area contributed by atoms with Crippen molar-refractivity contribution in [3.8, 4) is 11.5 Å². The molecule has 0 bridgehead atoms. The van der Waals surface area contributed by atoms with Gasteiger partial charge in [0.25, 0.3) is 0 Å². The Hall–Kier alpha value is -2.55. The second-order valence-corrected chi connectivity index (χ2v) is 4.85. The molecule has 0 aliphatic heterocycles. The average Bonchev–Trinajstić information content (AvgIpc) is 2.44. The van der Waals surface area contributed by atoms with Crippen molar-refractivity contribution in [1.29, 1.82) is 0 Å². The lowest BCUT2D eigenvalue weighted by molar-refractivity contribution is -0.128. The lowest BCUT2D eigenvalue weighted by Crippen LogP contribution is -2.04. The Kier molecular flexibility index (Phi) is 4.77. The monoisotopic (exact) mass is 282 g/mol. The summed E-state index contributed by atoms with van der Waals surface area (Å²) in [7, 11) is 1.62. The molecule has 0 N–H and O–H groups in total. The van der Waals surface area contributed by atoms with Crippen LogP contribution < -0.4 is 9.47 Å². The van der Waals surface area contributed by atoms with Crippen LogP contribution in [-0.2, 0) is 4.79 Å². The highest BCUT2D eigenvalue weighted by Crippen LogP contribution is 2.17. The molecule has 108 valence electrons. The molecule has 0 amide bonds. The molecule has 2 rings (SSSR count). The SMILES string of the molecule is COc1ccc(C=CC(=O)Oc2cc(C)cc(C)c2)cc1. The highest BCUT2D eigenvalue weighted by atomic mass is 16.5. The van der Waals surface area contributed by atoms with Crippen molar-refractivity contribution >= 4 is 12.0 Å². The minimum atomic E-state index is -0.393. The van der Waals surface area contributed by atoms with Crippen molar-refractivity contribution in [2.24, 2.45) is 0 Å². The summed E-state index contributed by atoms with van der Waals surface area (Å²) in [6.45, 7) is 3.94. The maximum Gasteiger partial charge on any atom is 0.336 e. The summed E-state index contributed by atoms with van der Waals surface area (Å²) in [6, 6.07) is 13.1. The summed E-state index contributed by atoms with van der Waals surface area (Å²) in [6.07, 6.45) is 3.13. The molecule has 0 fully saturated rings. The molecule has 0 saturated heterocycles. The topological polar surface area (TPSA) is 35.5 Å². The van der Waals surface area contributed by atoms with Gasteiger partial charge in [0.2, 0.25) is 0 Å². The zero-order valence-electron chi connectivity index (χ0n) is 12.4. The molecule has 0 radical (unpaired) electrons. The first-order chi connectivity index (χ1) is 10.1. The van der Waals surface area contributed by atoms with E-state index in [-0.39, 0.29) is 0 Å². The minimum absolute atomic E-state index is 0.393. The Balaban J connectivity index is 2.01. The van der Waals surface area contributed by atoms with E-state index in [1.54, 1.807) is 13.2 Å². The molecular weight excluding hydrogens is 264 g/mol. The normalized spacial score (nSPS) is 10.6. The van der Waals surface area contributed by atoms with Crippen molar-refractivity contribution in [3.05, 3.63) is 65.2 Å². The lowest BCUT2D eigenvalue weighted by Gasteiger charge is -2.04. The van der Waals surface area contributed by atoms with E-state index in [2.05, 4.69) is 0 Å². The molecule has 0 unspecified atom stereocenters. The predicted molar refractivity (Wildman–Crippen MR) is 83.6 cm³/mol. The summed E-state index contributed by atoms with van der Waals surface area (Å²) >= 11 is 0. The Bertz CT molecular complexity index is 634. The van der Waals surface area contributed by atoms with Gasteiger partial charge < -0.3 is 9.47 Å². The first-order valence-corrected chi connectivity index (χ1v) is 6.69. The molecule has 3 heteroatoms. The largest absolute Gasteiger partial charge is 0.497 e. The molecule has 0 aliphatic carbocycles. The third-order valence-corrected chi connectivity index (χ3v) is 2.94. The first-order valence-electron chi connectivity index (χ1n) is 6.69. The number of ether oxygens (including phenoxy) is 2. The van der Waals surface area contributed by atoms with Gasteiger partial charge in [-0.1, -0.05) is 18.2 Å². The quantitative estimate of drug-likeness (QED) is 0.484. The summed E-state index contributed by atoms with van der Waals surface area (Å²) in [5, 5.41) is 0. The number of methoxy groups -OCH3 is 1. The van der Waals surface area contributed by atoms with E-state index >= 15 is 0 Å². The average molecular weight is 282 g/mol. The molecule has 3 nitrogen and oxygen atoms in total. The van der Waals surface area contributed by atoms with Gasteiger partial charge in [-0.05, 0) is 60.9 Å². The van der Waals surface area contributed by atoms with Crippen LogP contribution in [0.5, 0.6) is 11.5 Å². The van der Waals surface area contributed by atoms with Gasteiger partial charge in [-0.15, -0.1) is 0 Å². The van der Waals surface area contributed by atoms with E-state index in [4.69, 9.17) is 9.47 Å². The fraction of sp³-hybridized carbons (Fsp3) is 0.167. The first kappa shape index (κ1) is 14.9. The second-order valence-electron chi connectivity index (χ2n) is 4.85. The molecule has 0 spiro atoms. The fourth-order valence-electron chi connectivity index (χ4n) is 2.02. The molecule has 0 heterocycles. The third-order valence-electron chi connectivity index (χ3n) is 2.94. The Morgan fingerprint density at radius 3 is 2.14 bits per heavy atom. The number of hydrogen-bond donors (Lipinski definition) is 0. The van der Waals surface area contributed by atoms with E-state index in [0.717, 1.165) is 22.4 Å². The zero-order chi connectivity index (χ0) is 15.2. The van der Waals surface area contributed by atoms with Crippen molar-refractivity contribution in [2.45, 2.75) is 13.8 Å². The van der Waals surface area contributed by atoms with Gasteiger partial charge in [0, 0.05) is 6.08 Å². The number of aryl methyl sites for hydroxylation is 2. The molecule has 2 aromatic carbocycles. The number of carbonyl (C=O) groups excluding carboxylic acids is 1. The van der Waals surface area contributed by atoms with Crippen LogP contribution in [0.2, 0.25) is 0 Å². The summed E-state index contributed by atoms with van der Waals surface area (Å²) in [4.78, 5) is 11.8. The molecule has 2 aromatic rings. The Morgan fingerprint density at radius 1 is 0.952 bits per heavy atom. The van der Waals surface area contributed by atoms with Crippen LogP contribution in [0.1, 0.15) is 16.7 Å². The molecular formula is C18H18O3. The van der Waals surface area contributed by atoms with Crippen molar-refractivity contribution < 1.29 is 14.3 Å². The van der Waals surface area contributed by atoms with Gasteiger partial charge in [-0.3, -0.25) is 0 Å². The maximum atomic E-state index is 11.8. The fourth-order valence-corrected chi connectivity index (χ4v) is 2.02. The number of rotatable bonds is 4. The van der Waals surface area contributed by atoms with Crippen molar-refractivity contribution in [3.63, 3.8) is 0 Å². The molecule has 0 atom stereocenters. The standard InChI is InChI=1S/C18H18O3/c1-13-10-14(2)12-17(11-13)21-18(19)9-6-15-4-7-16(20-3)8-5-15/h4-12H,1-3H3. The second kappa shape index (κ2) is 6.75. The molecule has 0 saturated carbocycles. The predicted octanol–water partition coefficient (Wildman–Crippen LogP) is 3.93. The van der Waals surface area contributed by atoms with Crippen LogP contribution in [0.25, 0.3) is 6.08 Å². The Labute approximate surface area is 124 Å². The molecule has 0 aromatic heterocycles. The van der Waals surface area contributed by atoms with Crippen LogP contribution >= 0.6 is 0 Å². The molecule has 21 heavy (non-hydrogen) atoms. The zero-order valence-corrected chi connectivity index (χ0v) is 12.4. The van der Waals surface area contributed by atoms with E-state index in [9.17, 15) is 4.79 Å². The van der Waals surface area contributed by atoms with Gasteiger partial charge in [0.1, 0.15) is 11.5 Å². The summed E-state index contributed by atoms with van der Waals surface area (Å²) in [5.74, 6) is 0.956. The van der Waals surface area contributed by atoms with E-state index < -0.39 is 5.97 Å². The van der Waals surface area contributed by atoms with E-state index in [1.165, 1.54) is 6.08 Å². The smallest absolute Gasteiger partial charge is 0.336 e. The summed E-state index contributed by atoms with van der Waals surface area (Å²) < 4.78 is 10.4. The number of esters is 1. The van der Waals surface area contributed by atoms with Crippen molar-refractivity contribution in [2.75, 3.05) is 7.11 Å². The van der Waals surface area contributed by atoms with Crippen LogP contribution in [-0.4, -0.2) is 13.1 Å². The minimum Gasteiger partial charge on any atom is -0.497 e. The summed E-state index contributed by atoms with van der Waals surface area (Å²) in [5.41, 5.74) is 3.04. The third kappa shape index (κ3) is 4.49. The van der Waals surface area contributed by atoms with Crippen LogP contribution in [0.3, 0.4) is 0 Å².